The molecule has 4 rings (SSSR count). The number of allylic oxidation sites excluding steroid dienone is 2. The Balaban J connectivity index is 1.38. The molecule has 0 bridgehead atoms. The number of aryl methyl sites for hydroxylation is 1. The molecule has 1 atom stereocenters. The van der Waals surface area contributed by atoms with Crippen molar-refractivity contribution in [2.75, 3.05) is 6.54 Å². The van der Waals surface area contributed by atoms with E-state index >= 15 is 0 Å². The topological polar surface area (TPSA) is 69.7 Å². The second-order valence-electron chi connectivity index (χ2n) is 7.89. The molecular formula is C22H27N3O3. The fourth-order valence-electron chi connectivity index (χ4n) is 4.06. The van der Waals surface area contributed by atoms with E-state index in [4.69, 9.17) is 0 Å². The molecule has 3 aliphatic rings. The fraction of sp³-hybridized carbons (Fsp3) is 0.500. The molecule has 1 N–H and O–H groups in total. The molecule has 6 nitrogen and oxygen atoms in total. The third-order valence-electron chi connectivity index (χ3n) is 5.72. The van der Waals surface area contributed by atoms with Gasteiger partial charge in [0.1, 0.15) is 12.6 Å². The highest BCUT2D eigenvalue weighted by Gasteiger charge is 2.41. The molecule has 0 aromatic heterocycles. The van der Waals surface area contributed by atoms with Crippen LogP contribution in [0.1, 0.15) is 50.5 Å². The van der Waals surface area contributed by atoms with Crippen molar-refractivity contribution >= 4 is 17.8 Å². The minimum atomic E-state index is -0.552. The number of amides is 4. The first kappa shape index (κ1) is 18.7. The number of hydrogen-bond donors (Lipinski definition) is 1. The zero-order valence-corrected chi connectivity index (χ0v) is 16.1. The van der Waals surface area contributed by atoms with Crippen molar-refractivity contribution in [3.05, 3.63) is 47.7 Å². The quantitative estimate of drug-likeness (QED) is 0.738. The molecule has 2 fully saturated rings. The van der Waals surface area contributed by atoms with E-state index in [1.165, 1.54) is 0 Å². The third kappa shape index (κ3) is 4.11. The van der Waals surface area contributed by atoms with Crippen molar-refractivity contribution in [2.45, 2.75) is 63.5 Å². The number of benzene rings is 1. The number of carbonyl (C=O) groups excluding carboxylic acids is 3. The van der Waals surface area contributed by atoms with Crippen molar-refractivity contribution < 1.29 is 14.4 Å². The lowest BCUT2D eigenvalue weighted by Crippen LogP contribution is -2.44. The molecule has 1 aromatic carbocycles. The smallest absolute Gasteiger partial charge is 0.325 e. The van der Waals surface area contributed by atoms with Gasteiger partial charge in [0.2, 0.25) is 5.91 Å². The van der Waals surface area contributed by atoms with Crippen LogP contribution in [0.4, 0.5) is 4.79 Å². The van der Waals surface area contributed by atoms with Crippen LogP contribution in [-0.2, 0) is 16.0 Å². The molecule has 1 saturated heterocycles. The molecule has 1 saturated carbocycles. The van der Waals surface area contributed by atoms with Gasteiger partial charge in [-0.2, -0.15) is 0 Å². The highest BCUT2D eigenvalue weighted by atomic mass is 16.2. The predicted octanol–water partition coefficient (Wildman–Crippen LogP) is 2.99. The SMILES string of the molecule is O=C1NC(CCc2ccccc2)C(=O)N1CC(=O)N(C1=CCCCC1)C1CC1. The summed E-state index contributed by atoms with van der Waals surface area (Å²) in [6.07, 6.45) is 9.55. The molecule has 1 aliphatic heterocycles. The molecule has 6 heteroatoms. The van der Waals surface area contributed by atoms with Gasteiger partial charge in [-0.15, -0.1) is 0 Å². The summed E-state index contributed by atoms with van der Waals surface area (Å²) in [4.78, 5) is 41.0. The van der Waals surface area contributed by atoms with Crippen molar-refractivity contribution in [2.24, 2.45) is 0 Å². The largest absolute Gasteiger partial charge is 0.326 e. The van der Waals surface area contributed by atoms with E-state index in [9.17, 15) is 14.4 Å². The monoisotopic (exact) mass is 381 g/mol. The molecule has 28 heavy (non-hydrogen) atoms. The molecule has 1 heterocycles. The van der Waals surface area contributed by atoms with E-state index in [2.05, 4.69) is 11.4 Å². The molecule has 1 unspecified atom stereocenters. The van der Waals surface area contributed by atoms with E-state index in [0.29, 0.717) is 12.8 Å². The highest BCUT2D eigenvalue weighted by molar-refractivity contribution is 6.06. The second kappa shape index (κ2) is 8.17. The molecule has 148 valence electrons. The summed E-state index contributed by atoms with van der Waals surface area (Å²) in [5, 5.41) is 2.74. The Bertz CT molecular complexity index is 785. The zero-order valence-electron chi connectivity index (χ0n) is 16.1. The number of imide groups is 1. The lowest BCUT2D eigenvalue weighted by molar-refractivity contribution is -0.136. The van der Waals surface area contributed by atoms with Gasteiger partial charge in [0.25, 0.3) is 5.91 Å². The van der Waals surface area contributed by atoms with E-state index in [0.717, 1.165) is 54.7 Å². The van der Waals surface area contributed by atoms with Crippen molar-refractivity contribution in [1.29, 1.82) is 0 Å². The van der Waals surface area contributed by atoms with Crippen LogP contribution in [0.25, 0.3) is 0 Å². The summed E-state index contributed by atoms with van der Waals surface area (Å²) < 4.78 is 0. The zero-order chi connectivity index (χ0) is 19.5. The Kier molecular flexibility index (Phi) is 5.46. The lowest BCUT2D eigenvalue weighted by atomic mass is 10.0. The van der Waals surface area contributed by atoms with Crippen molar-refractivity contribution in [3.8, 4) is 0 Å². The van der Waals surface area contributed by atoms with Crippen molar-refractivity contribution in [1.82, 2.24) is 15.1 Å². The summed E-state index contributed by atoms with van der Waals surface area (Å²) >= 11 is 0. The minimum absolute atomic E-state index is 0.136. The van der Waals surface area contributed by atoms with Crippen LogP contribution in [0.3, 0.4) is 0 Å². The average molecular weight is 381 g/mol. The van der Waals surface area contributed by atoms with Crippen LogP contribution in [0.5, 0.6) is 0 Å². The van der Waals surface area contributed by atoms with Crippen LogP contribution >= 0.6 is 0 Å². The maximum Gasteiger partial charge on any atom is 0.325 e. The van der Waals surface area contributed by atoms with Crippen LogP contribution < -0.4 is 5.32 Å². The van der Waals surface area contributed by atoms with Crippen LogP contribution in [0.15, 0.2) is 42.1 Å². The summed E-state index contributed by atoms with van der Waals surface area (Å²) in [7, 11) is 0. The first-order chi connectivity index (χ1) is 13.6. The van der Waals surface area contributed by atoms with Gasteiger partial charge >= 0.3 is 6.03 Å². The molecule has 4 amide bonds. The van der Waals surface area contributed by atoms with E-state index < -0.39 is 12.1 Å². The summed E-state index contributed by atoms with van der Waals surface area (Å²) in [6, 6.07) is 9.12. The Morgan fingerprint density at radius 1 is 1.14 bits per heavy atom. The number of carbonyl (C=O) groups is 3. The van der Waals surface area contributed by atoms with Gasteiger partial charge in [0.15, 0.2) is 0 Å². The fourth-order valence-corrected chi connectivity index (χ4v) is 4.06. The van der Waals surface area contributed by atoms with Gasteiger partial charge in [-0.1, -0.05) is 36.4 Å². The summed E-state index contributed by atoms with van der Waals surface area (Å²) in [6.45, 7) is -0.166. The average Bonchev–Trinajstić information content (AvgIpc) is 3.51. The van der Waals surface area contributed by atoms with Gasteiger partial charge in [-0.05, 0) is 56.9 Å². The number of rotatable bonds is 7. The predicted molar refractivity (Wildman–Crippen MR) is 105 cm³/mol. The van der Waals surface area contributed by atoms with Crippen LogP contribution in [-0.4, -0.2) is 46.3 Å². The normalized spacial score (nSPS) is 22.1. The van der Waals surface area contributed by atoms with E-state index in [1.807, 2.05) is 35.2 Å². The molecular weight excluding hydrogens is 354 g/mol. The lowest BCUT2D eigenvalue weighted by Gasteiger charge is -2.29. The van der Waals surface area contributed by atoms with Gasteiger partial charge in [-0.3, -0.25) is 14.5 Å². The Labute approximate surface area is 165 Å². The minimum Gasteiger partial charge on any atom is -0.326 e. The maximum absolute atomic E-state index is 13.0. The first-order valence-corrected chi connectivity index (χ1v) is 10.3. The van der Waals surface area contributed by atoms with Gasteiger partial charge < -0.3 is 10.2 Å². The summed E-state index contributed by atoms with van der Waals surface area (Å²) in [5.74, 6) is -0.425. The molecule has 0 radical (unpaired) electrons. The standard InChI is InChI=1S/C22H27N3O3/c26-20(25(18-12-13-18)17-9-5-2-6-10-17)15-24-21(27)19(23-22(24)28)14-11-16-7-3-1-4-8-16/h1,3-4,7-9,18-19H,2,5-6,10-15H2,(H,23,28). The molecule has 0 spiro atoms. The Morgan fingerprint density at radius 3 is 2.61 bits per heavy atom. The second-order valence-corrected chi connectivity index (χ2v) is 7.89. The third-order valence-corrected chi connectivity index (χ3v) is 5.72. The van der Waals surface area contributed by atoms with Crippen LogP contribution in [0.2, 0.25) is 0 Å². The Hall–Kier alpha value is -2.63. The van der Waals surface area contributed by atoms with Crippen LogP contribution in [0, 0.1) is 0 Å². The highest BCUT2D eigenvalue weighted by Crippen LogP contribution is 2.34. The summed E-state index contributed by atoms with van der Waals surface area (Å²) in [5.41, 5.74) is 2.20. The van der Waals surface area contributed by atoms with Crippen molar-refractivity contribution in [3.63, 3.8) is 0 Å². The van der Waals surface area contributed by atoms with E-state index in [-0.39, 0.29) is 24.4 Å². The van der Waals surface area contributed by atoms with Gasteiger partial charge in [0, 0.05) is 11.7 Å². The Morgan fingerprint density at radius 2 is 1.93 bits per heavy atom. The molecule has 2 aliphatic carbocycles. The van der Waals surface area contributed by atoms with Gasteiger partial charge in [0.05, 0.1) is 0 Å². The maximum atomic E-state index is 13.0. The molecule has 1 aromatic rings. The van der Waals surface area contributed by atoms with Gasteiger partial charge in [-0.25, -0.2) is 4.79 Å². The number of urea groups is 1. The number of nitrogens with zero attached hydrogens (tertiary/aromatic N) is 2. The number of hydrogen-bond acceptors (Lipinski definition) is 3. The van der Waals surface area contributed by atoms with E-state index in [1.54, 1.807) is 0 Å². The number of nitrogens with one attached hydrogen (secondary N) is 1. The first-order valence-electron chi connectivity index (χ1n) is 10.3.